The standard InChI is InChI=1S/C12H21N3O/c1-9-4-11(6-12(2,3)5-9)15-7-10(8-16)13-14-15/h7,9,11,16H,4-6,8H2,1-3H3. The molecule has 4 nitrogen and oxygen atoms in total. The lowest BCUT2D eigenvalue weighted by Crippen LogP contribution is -2.29. The third kappa shape index (κ3) is 2.43. The van der Waals surface area contributed by atoms with Gasteiger partial charge in [0.15, 0.2) is 0 Å². The molecule has 2 rings (SSSR count). The first-order valence-corrected chi connectivity index (χ1v) is 6.02. The van der Waals surface area contributed by atoms with Gasteiger partial charge in [0.2, 0.25) is 0 Å². The van der Waals surface area contributed by atoms with Crippen molar-refractivity contribution in [2.24, 2.45) is 11.3 Å². The van der Waals surface area contributed by atoms with Crippen LogP contribution in [-0.2, 0) is 6.61 Å². The normalized spacial score (nSPS) is 29.2. The number of hydrogen-bond donors (Lipinski definition) is 1. The maximum Gasteiger partial charge on any atom is 0.108 e. The summed E-state index contributed by atoms with van der Waals surface area (Å²) in [4.78, 5) is 0. The summed E-state index contributed by atoms with van der Waals surface area (Å²) < 4.78 is 1.93. The van der Waals surface area contributed by atoms with Gasteiger partial charge in [-0.1, -0.05) is 26.0 Å². The molecular formula is C12H21N3O. The smallest absolute Gasteiger partial charge is 0.108 e. The van der Waals surface area contributed by atoms with E-state index in [-0.39, 0.29) is 6.61 Å². The molecule has 4 heteroatoms. The van der Waals surface area contributed by atoms with Crippen molar-refractivity contribution in [2.75, 3.05) is 0 Å². The Balaban J connectivity index is 2.14. The van der Waals surface area contributed by atoms with Gasteiger partial charge >= 0.3 is 0 Å². The second kappa shape index (κ2) is 4.17. The van der Waals surface area contributed by atoms with Crippen molar-refractivity contribution >= 4 is 0 Å². The Morgan fingerprint density at radius 2 is 2.25 bits per heavy atom. The summed E-state index contributed by atoms with van der Waals surface area (Å²) in [7, 11) is 0. The van der Waals surface area contributed by atoms with Crippen LogP contribution < -0.4 is 0 Å². The summed E-state index contributed by atoms with van der Waals surface area (Å²) in [5.74, 6) is 0.732. The van der Waals surface area contributed by atoms with Crippen LogP contribution in [0.4, 0.5) is 0 Å². The van der Waals surface area contributed by atoms with Gasteiger partial charge in [0.05, 0.1) is 18.8 Å². The van der Waals surface area contributed by atoms with E-state index in [0.717, 1.165) is 18.8 Å². The molecule has 1 aliphatic carbocycles. The minimum absolute atomic E-state index is 0.0222. The average Bonchev–Trinajstić information content (AvgIpc) is 2.62. The lowest BCUT2D eigenvalue weighted by atomic mass is 9.71. The summed E-state index contributed by atoms with van der Waals surface area (Å²) in [6.45, 7) is 6.92. The van der Waals surface area contributed by atoms with Gasteiger partial charge in [-0.25, -0.2) is 4.68 Å². The quantitative estimate of drug-likeness (QED) is 0.836. The lowest BCUT2D eigenvalue weighted by Gasteiger charge is -2.38. The third-order valence-electron chi connectivity index (χ3n) is 3.46. The van der Waals surface area contributed by atoms with Gasteiger partial charge in [0, 0.05) is 0 Å². The molecule has 2 atom stereocenters. The second-order valence-electron chi connectivity index (χ2n) is 5.92. The van der Waals surface area contributed by atoms with E-state index in [9.17, 15) is 0 Å². The Morgan fingerprint density at radius 3 is 2.81 bits per heavy atom. The van der Waals surface area contributed by atoms with Gasteiger partial charge in [0.1, 0.15) is 5.69 Å². The van der Waals surface area contributed by atoms with Gasteiger partial charge < -0.3 is 5.11 Å². The molecule has 1 aromatic rings. The van der Waals surface area contributed by atoms with E-state index >= 15 is 0 Å². The summed E-state index contributed by atoms with van der Waals surface area (Å²) in [5.41, 5.74) is 1.05. The molecule has 1 saturated carbocycles. The molecule has 1 aromatic heterocycles. The molecule has 1 heterocycles. The largest absolute Gasteiger partial charge is 0.390 e. The van der Waals surface area contributed by atoms with E-state index in [4.69, 9.17) is 5.11 Å². The molecule has 1 aliphatic rings. The molecule has 0 bridgehead atoms. The minimum Gasteiger partial charge on any atom is -0.390 e. The molecule has 0 radical (unpaired) electrons. The van der Waals surface area contributed by atoms with E-state index in [1.807, 2.05) is 10.9 Å². The summed E-state index contributed by atoms with van der Waals surface area (Å²) in [6, 6.07) is 0.437. The zero-order valence-electron chi connectivity index (χ0n) is 10.3. The van der Waals surface area contributed by atoms with E-state index in [2.05, 4.69) is 31.1 Å². The number of aromatic nitrogens is 3. The highest BCUT2D eigenvalue weighted by molar-refractivity contribution is 4.93. The van der Waals surface area contributed by atoms with E-state index in [0.29, 0.717) is 17.2 Å². The molecule has 0 aliphatic heterocycles. The fourth-order valence-electron chi connectivity index (χ4n) is 3.06. The Bertz CT molecular complexity index is 359. The lowest BCUT2D eigenvalue weighted by molar-refractivity contribution is 0.129. The van der Waals surface area contributed by atoms with E-state index < -0.39 is 0 Å². The van der Waals surface area contributed by atoms with Crippen LogP contribution in [0.5, 0.6) is 0 Å². The SMILES string of the molecule is CC1CC(n2cc(CO)nn2)CC(C)(C)C1. The third-order valence-corrected chi connectivity index (χ3v) is 3.46. The van der Waals surface area contributed by atoms with E-state index in [1.165, 1.54) is 6.42 Å². The first kappa shape index (κ1) is 11.6. The summed E-state index contributed by atoms with van der Waals surface area (Å²) >= 11 is 0. The predicted molar refractivity (Wildman–Crippen MR) is 61.8 cm³/mol. The highest BCUT2D eigenvalue weighted by Gasteiger charge is 2.33. The van der Waals surface area contributed by atoms with Gasteiger partial charge in [-0.3, -0.25) is 0 Å². The number of aliphatic hydroxyl groups excluding tert-OH is 1. The Kier molecular flexibility index (Phi) is 3.02. The second-order valence-corrected chi connectivity index (χ2v) is 5.92. The topological polar surface area (TPSA) is 50.9 Å². The minimum atomic E-state index is -0.0222. The highest BCUT2D eigenvalue weighted by atomic mass is 16.3. The van der Waals surface area contributed by atoms with Crippen LogP contribution in [0, 0.1) is 11.3 Å². The van der Waals surface area contributed by atoms with Crippen molar-refractivity contribution in [3.8, 4) is 0 Å². The molecule has 0 spiro atoms. The van der Waals surface area contributed by atoms with Crippen LogP contribution in [0.1, 0.15) is 51.8 Å². The maximum absolute atomic E-state index is 8.99. The molecule has 1 fully saturated rings. The van der Waals surface area contributed by atoms with Gasteiger partial charge in [0.25, 0.3) is 0 Å². The monoisotopic (exact) mass is 223 g/mol. The highest BCUT2D eigenvalue weighted by Crippen LogP contribution is 2.43. The van der Waals surface area contributed by atoms with Crippen LogP contribution >= 0.6 is 0 Å². The average molecular weight is 223 g/mol. The fraction of sp³-hybridized carbons (Fsp3) is 0.833. The van der Waals surface area contributed by atoms with Crippen molar-refractivity contribution in [3.05, 3.63) is 11.9 Å². The van der Waals surface area contributed by atoms with Gasteiger partial charge in [-0.15, -0.1) is 5.10 Å². The first-order valence-electron chi connectivity index (χ1n) is 6.02. The maximum atomic E-state index is 8.99. The molecule has 16 heavy (non-hydrogen) atoms. The molecule has 0 amide bonds. The Hall–Kier alpha value is -0.900. The van der Waals surface area contributed by atoms with Crippen LogP contribution in [0.15, 0.2) is 6.20 Å². The number of nitrogens with zero attached hydrogens (tertiary/aromatic N) is 3. The number of aliphatic hydroxyl groups is 1. The van der Waals surface area contributed by atoms with Crippen molar-refractivity contribution in [1.82, 2.24) is 15.0 Å². The van der Waals surface area contributed by atoms with E-state index in [1.54, 1.807) is 0 Å². The van der Waals surface area contributed by atoms with Crippen molar-refractivity contribution in [3.63, 3.8) is 0 Å². The predicted octanol–water partition coefficient (Wildman–Crippen LogP) is 2.16. The summed E-state index contributed by atoms with van der Waals surface area (Å²) in [5, 5.41) is 17.1. The molecule has 0 saturated heterocycles. The van der Waals surface area contributed by atoms with Crippen molar-refractivity contribution < 1.29 is 5.11 Å². The fourth-order valence-corrected chi connectivity index (χ4v) is 3.06. The van der Waals surface area contributed by atoms with Crippen LogP contribution in [0.25, 0.3) is 0 Å². The zero-order valence-corrected chi connectivity index (χ0v) is 10.3. The zero-order chi connectivity index (χ0) is 11.8. The van der Waals surface area contributed by atoms with Crippen LogP contribution in [0.3, 0.4) is 0 Å². The molecule has 1 N–H and O–H groups in total. The van der Waals surface area contributed by atoms with Gasteiger partial charge in [-0.2, -0.15) is 0 Å². The molecule has 90 valence electrons. The molecular weight excluding hydrogens is 202 g/mol. The molecule has 2 unspecified atom stereocenters. The van der Waals surface area contributed by atoms with Gasteiger partial charge in [-0.05, 0) is 30.6 Å². The molecule has 0 aromatic carbocycles. The number of rotatable bonds is 2. The Morgan fingerprint density at radius 1 is 1.50 bits per heavy atom. The number of hydrogen-bond acceptors (Lipinski definition) is 3. The van der Waals surface area contributed by atoms with Crippen molar-refractivity contribution in [1.29, 1.82) is 0 Å². The van der Waals surface area contributed by atoms with Crippen LogP contribution in [0.2, 0.25) is 0 Å². The first-order chi connectivity index (χ1) is 7.50. The van der Waals surface area contributed by atoms with Crippen molar-refractivity contribution in [2.45, 2.75) is 52.7 Å². The van der Waals surface area contributed by atoms with Crippen LogP contribution in [-0.4, -0.2) is 20.1 Å². The Labute approximate surface area is 96.7 Å². The summed E-state index contributed by atoms with van der Waals surface area (Å²) in [6.07, 6.45) is 5.47.